The van der Waals surface area contributed by atoms with E-state index in [9.17, 15) is 4.79 Å². The van der Waals surface area contributed by atoms with Crippen molar-refractivity contribution < 1.29 is 9.53 Å². The highest BCUT2D eigenvalue weighted by Gasteiger charge is 2.10. The smallest absolute Gasteiger partial charge is 0.221 e. The standard InChI is InChI=1S/C16H27N3O2/c1-19(11-12-21-2)10-6-9-18-16(20)13-15(17)14-7-4-3-5-8-14/h3-5,7-8,15H,6,9-13,17H2,1-2H3,(H,18,20). The van der Waals surface area contributed by atoms with Crippen LogP contribution in [0.25, 0.3) is 0 Å². The Bertz CT molecular complexity index is 398. The predicted octanol–water partition coefficient (Wildman–Crippen LogP) is 1.16. The number of rotatable bonds is 10. The van der Waals surface area contributed by atoms with Crippen LogP contribution in [-0.4, -0.2) is 51.2 Å². The van der Waals surface area contributed by atoms with Crippen LogP contribution in [0, 0.1) is 0 Å². The van der Waals surface area contributed by atoms with Gasteiger partial charge in [0.15, 0.2) is 0 Å². The highest BCUT2D eigenvalue weighted by atomic mass is 16.5. The van der Waals surface area contributed by atoms with Gasteiger partial charge in [-0.1, -0.05) is 30.3 Å². The van der Waals surface area contributed by atoms with Gasteiger partial charge in [0, 0.05) is 32.7 Å². The monoisotopic (exact) mass is 293 g/mol. The Kier molecular flexibility index (Phi) is 8.66. The summed E-state index contributed by atoms with van der Waals surface area (Å²) in [5, 5.41) is 2.92. The minimum atomic E-state index is -0.240. The summed E-state index contributed by atoms with van der Waals surface area (Å²) in [7, 11) is 3.75. The SMILES string of the molecule is COCCN(C)CCCNC(=O)CC(N)c1ccccc1. The number of nitrogens with two attached hydrogens (primary N) is 1. The van der Waals surface area contributed by atoms with Crippen molar-refractivity contribution in [1.29, 1.82) is 0 Å². The Labute approximate surface area is 127 Å². The second-order valence-corrected chi connectivity index (χ2v) is 5.22. The van der Waals surface area contributed by atoms with Crippen LogP contribution >= 0.6 is 0 Å². The maximum absolute atomic E-state index is 11.8. The van der Waals surface area contributed by atoms with Gasteiger partial charge < -0.3 is 20.7 Å². The molecular weight excluding hydrogens is 266 g/mol. The van der Waals surface area contributed by atoms with Gasteiger partial charge in [-0.05, 0) is 25.6 Å². The summed E-state index contributed by atoms with van der Waals surface area (Å²) >= 11 is 0. The lowest BCUT2D eigenvalue weighted by Gasteiger charge is -2.16. The number of nitrogens with zero attached hydrogens (tertiary/aromatic N) is 1. The van der Waals surface area contributed by atoms with Gasteiger partial charge in [-0.25, -0.2) is 0 Å². The van der Waals surface area contributed by atoms with Crippen LogP contribution in [0.15, 0.2) is 30.3 Å². The van der Waals surface area contributed by atoms with Crippen molar-refractivity contribution in [3.63, 3.8) is 0 Å². The van der Waals surface area contributed by atoms with Crippen LogP contribution in [0.2, 0.25) is 0 Å². The summed E-state index contributed by atoms with van der Waals surface area (Å²) in [5.41, 5.74) is 7.01. The van der Waals surface area contributed by atoms with E-state index in [1.807, 2.05) is 37.4 Å². The number of benzene rings is 1. The van der Waals surface area contributed by atoms with E-state index in [4.69, 9.17) is 10.5 Å². The fourth-order valence-electron chi connectivity index (χ4n) is 2.03. The van der Waals surface area contributed by atoms with Crippen LogP contribution in [0.3, 0.4) is 0 Å². The maximum Gasteiger partial charge on any atom is 0.221 e. The van der Waals surface area contributed by atoms with Crippen molar-refractivity contribution in [1.82, 2.24) is 10.2 Å². The molecule has 0 radical (unpaired) electrons. The number of amides is 1. The highest BCUT2D eigenvalue weighted by molar-refractivity contribution is 5.76. The molecule has 1 aromatic carbocycles. The molecule has 0 aliphatic heterocycles. The Morgan fingerprint density at radius 1 is 1.33 bits per heavy atom. The fourth-order valence-corrected chi connectivity index (χ4v) is 2.03. The van der Waals surface area contributed by atoms with Crippen LogP contribution in [0.1, 0.15) is 24.4 Å². The van der Waals surface area contributed by atoms with E-state index in [-0.39, 0.29) is 11.9 Å². The Hall–Kier alpha value is -1.43. The zero-order valence-corrected chi connectivity index (χ0v) is 13.0. The lowest BCUT2D eigenvalue weighted by molar-refractivity contribution is -0.121. The fraction of sp³-hybridized carbons (Fsp3) is 0.562. The molecule has 118 valence electrons. The van der Waals surface area contributed by atoms with Gasteiger partial charge >= 0.3 is 0 Å². The Morgan fingerprint density at radius 2 is 2.05 bits per heavy atom. The largest absolute Gasteiger partial charge is 0.383 e. The van der Waals surface area contributed by atoms with Gasteiger partial charge in [-0.2, -0.15) is 0 Å². The summed E-state index contributed by atoms with van der Waals surface area (Å²) in [6.45, 7) is 3.25. The lowest BCUT2D eigenvalue weighted by Crippen LogP contribution is -2.31. The van der Waals surface area contributed by atoms with Crippen molar-refractivity contribution in [2.45, 2.75) is 18.9 Å². The first kappa shape index (κ1) is 17.6. The zero-order valence-electron chi connectivity index (χ0n) is 13.0. The third-order valence-corrected chi connectivity index (χ3v) is 3.35. The topological polar surface area (TPSA) is 67.6 Å². The van der Waals surface area contributed by atoms with Crippen LogP contribution < -0.4 is 11.1 Å². The number of ether oxygens (including phenoxy) is 1. The molecular formula is C16H27N3O2. The number of nitrogens with one attached hydrogen (secondary N) is 1. The average molecular weight is 293 g/mol. The predicted molar refractivity (Wildman–Crippen MR) is 85.0 cm³/mol. The number of methoxy groups -OCH3 is 1. The van der Waals surface area contributed by atoms with Crippen molar-refractivity contribution in [3.8, 4) is 0 Å². The normalized spacial score (nSPS) is 12.4. The molecule has 21 heavy (non-hydrogen) atoms. The van der Waals surface area contributed by atoms with Gasteiger partial charge in [0.05, 0.1) is 6.61 Å². The van der Waals surface area contributed by atoms with Crippen molar-refractivity contribution in [3.05, 3.63) is 35.9 Å². The van der Waals surface area contributed by atoms with E-state index >= 15 is 0 Å². The molecule has 5 heteroatoms. The van der Waals surface area contributed by atoms with Crippen LogP contribution in [0.5, 0.6) is 0 Å². The van der Waals surface area contributed by atoms with E-state index in [0.717, 1.165) is 31.7 Å². The third-order valence-electron chi connectivity index (χ3n) is 3.35. The van der Waals surface area contributed by atoms with Crippen molar-refractivity contribution in [2.24, 2.45) is 5.73 Å². The number of carbonyl (C=O) groups excluding carboxylic acids is 1. The quantitative estimate of drug-likeness (QED) is 0.635. The molecule has 0 saturated carbocycles. The lowest BCUT2D eigenvalue weighted by atomic mass is 10.0. The van der Waals surface area contributed by atoms with E-state index in [1.165, 1.54) is 0 Å². The summed E-state index contributed by atoms with van der Waals surface area (Å²) in [6.07, 6.45) is 1.25. The van der Waals surface area contributed by atoms with Crippen molar-refractivity contribution >= 4 is 5.91 Å². The van der Waals surface area contributed by atoms with Crippen LogP contribution in [0.4, 0.5) is 0 Å². The van der Waals surface area contributed by atoms with E-state index in [0.29, 0.717) is 13.0 Å². The molecule has 0 saturated heterocycles. The van der Waals surface area contributed by atoms with E-state index in [1.54, 1.807) is 7.11 Å². The molecule has 1 amide bonds. The summed E-state index contributed by atoms with van der Waals surface area (Å²) < 4.78 is 5.02. The highest BCUT2D eigenvalue weighted by Crippen LogP contribution is 2.12. The van der Waals surface area contributed by atoms with Gasteiger partial charge in [0.25, 0.3) is 0 Å². The van der Waals surface area contributed by atoms with Gasteiger partial charge in [-0.3, -0.25) is 4.79 Å². The van der Waals surface area contributed by atoms with Crippen LogP contribution in [-0.2, 0) is 9.53 Å². The maximum atomic E-state index is 11.8. The van der Waals surface area contributed by atoms with E-state index in [2.05, 4.69) is 10.2 Å². The molecule has 0 spiro atoms. The molecule has 1 aromatic rings. The summed E-state index contributed by atoms with van der Waals surface area (Å²) in [5.74, 6) is 0.00546. The third kappa shape index (κ3) is 7.80. The first-order chi connectivity index (χ1) is 10.1. The second-order valence-electron chi connectivity index (χ2n) is 5.22. The number of carbonyl (C=O) groups is 1. The molecule has 1 rings (SSSR count). The van der Waals surface area contributed by atoms with Gasteiger partial charge in [-0.15, -0.1) is 0 Å². The number of hydrogen-bond acceptors (Lipinski definition) is 4. The molecule has 1 atom stereocenters. The van der Waals surface area contributed by atoms with Crippen molar-refractivity contribution in [2.75, 3.05) is 40.4 Å². The summed E-state index contributed by atoms with van der Waals surface area (Å²) in [4.78, 5) is 14.0. The minimum absolute atomic E-state index is 0.00546. The molecule has 3 N–H and O–H groups in total. The first-order valence-corrected chi connectivity index (χ1v) is 7.38. The zero-order chi connectivity index (χ0) is 15.5. The molecule has 1 unspecified atom stereocenters. The molecule has 0 aliphatic rings. The van der Waals surface area contributed by atoms with E-state index < -0.39 is 0 Å². The molecule has 0 aliphatic carbocycles. The minimum Gasteiger partial charge on any atom is -0.383 e. The van der Waals surface area contributed by atoms with Gasteiger partial charge in [0.2, 0.25) is 5.91 Å². The Balaban J connectivity index is 2.14. The molecule has 0 bridgehead atoms. The first-order valence-electron chi connectivity index (χ1n) is 7.38. The van der Waals surface area contributed by atoms with Gasteiger partial charge in [0.1, 0.15) is 0 Å². The Morgan fingerprint density at radius 3 is 2.71 bits per heavy atom. The molecule has 0 aromatic heterocycles. The molecule has 5 nitrogen and oxygen atoms in total. The number of likely N-dealkylation sites (N-methyl/N-ethyl adjacent to an activating group) is 1. The summed E-state index contributed by atoms with van der Waals surface area (Å²) in [6, 6.07) is 9.46. The average Bonchev–Trinajstić information content (AvgIpc) is 2.50. The molecule has 0 fully saturated rings. The second kappa shape index (κ2) is 10.3. The molecule has 0 heterocycles. The number of hydrogen-bond donors (Lipinski definition) is 2.